The van der Waals surface area contributed by atoms with Gasteiger partial charge in [-0.1, -0.05) is 79.8 Å². The lowest BCUT2D eigenvalue weighted by Crippen LogP contribution is -1.99. The molecule has 0 aromatic heterocycles. The minimum absolute atomic E-state index is 0.176. The van der Waals surface area contributed by atoms with Gasteiger partial charge in [0.2, 0.25) is 0 Å². The number of hydrogen-bond donors (Lipinski definition) is 3. The van der Waals surface area contributed by atoms with Crippen LogP contribution in [-0.4, -0.2) is 33.5 Å². The van der Waals surface area contributed by atoms with Gasteiger partial charge in [0.25, 0.3) is 0 Å². The molecule has 0 aromatic carbocycles. The third-order valence-electron chi connectivity index (χ3n) is 3.36. The lowest BCUT2D eigenvalue weighted by Gasteiger charge is -1.99. The molecule has 0 saturated heterocycles. The van der Waals surface area contributed by atoms with Gasteiger partial charge < -0.3 is 15.3 Å². The molecule has 0 aliphatic carbocycles. The maximum absolute atomic E-state index is 10.3. The van der Waals surface area contributed by atoms with Crippen molar-refractivity contribution < 1.29 is 20.1 Å². The van der Waals surface area contributed by atoms with Crippen molar-refractivity contribution in [3.63, 3.8) is 0 Å². The second-order valence-electron chi connectivity index (χ2n) is 5.75. The summed E-state index contributed by atoms with van der Waals surface area (Å²) in [6, 6.07) is 0. The normalized spacial score (nSPS) is 15.5. The fourth-order valence-corrected chi connectivity index (χ4v) is 1.82. The van der Waals surface area contributed by atoms with Gasteiger partial charge in [0.05, 0.1) is 12.2 Å². The highest BCUT2D eigenvalue weighted by atomic mass is 16.4. The standard InChI is InChI=1S/C22H32O4/c1-2-20(23)16-13-11-14-18-21(24)17-12-9-7-5-3-4-6-8-10-15-19-22(25)26/h3-4,7-14,16-17,20-21,23-24H,2,5-6,15,18-19H2,1H3,(H,25,26)/b4-3-,9-7-,10-8-,14-11-,16-13+,17-12-/t20-,21-/m0/s1. The van der Waals surface area contributed by atoms with Crippen molar-refractivity contribution in [3.05, 3.63) is 72.9 Å². The van der Waals surface area contributed by atoms with E-state index in [1.165, 1.54) is 0 Å². The molecule has 0 bridgehead atoms. The Bertz CT molecular complexity index is 524. The molecule has 0 spiro atoms. The van der Waals surface area contributed by atoms with Crippen molar-refractivity contribution in [2.24, 2.45) is 0 Å². The van der Waals surface area contributed by atoms with E-state index < -0.39 is 18.2 Å². The van der Waals surface area contributed by atoms with Crippen LogP contribution in [0.15, 0.2) is 72.9 Å². The smallest absolute Gasteiger partial charge is 0.303 e. The molecule has 3 N–H and O–H groups in total. The predicted octanol–water partition coefficient (Wildman–Crippen LogP) is 4.49. The highest BCUT2D eigenvalue weighted by Crippen LogP contribution is 1.99. The largest absolute Gasteiger partial charge is 0.481 e. The van der Waals surface area contributed by atoms with E-state index in [0.29, 0.717) is 19.3 Å². The Balaban J connectivity index is 3.79. The molecule has 0 fully saturated rings. The van der Waals surface area contributed by atoms with Gasteiger partial charge >= 0.3 is 5.97 Å². The first-order valence-electron chi connectivity index (χ1n) is 9.10. The molecule has 0 saturated carbocycles. The van der Waals surface area contributed by atoms with E-state index in [9.17, 15) is 15.0 Å². The second-order valence-corrected chi connectivity index (χ2v) is 5.75. The van der Waals surface area contributed by atoms with Gasteiger partial charge in [0.1, 0.15) is 0 Å². The van der Waals surface area contributed by atoms with Gasteiger partial charge in [0, 0.05) is 6.42 Å². The average molecular weight is 360 g/mol. The Morgan fingerprint density at radius 2 is 1.38 bits per heavy atom. The van der Waals surface area contributed by atoms with E-state index in [4.69, 9.17) is 5.11 Å². The molecule has 0 aliphatic rings. The maximum Gasteiger partial charge on any atom is 0.303 e. The number of carboxylic acid groups (broad SMARTS) is 1. The first-order valence-corrected chi connectivity index (χ1v) is 9.10. The summed E-state index contributed by atoms with van der Waals surface area (Å²) in [5.41, 5.74) is 0. The quantitative estimate of drug-likeness (QED) is 0.315. The predicted molar refractivity (Wildman–Crippen MR) is 108 cm³/mol. The van der Waals surface area contributed by atoms with Crippen molar-refractivity contribution in [1.82, 2.24) is 0 Å². The Kier molecular flexibility index (Phi) is 16.2. The number of allylic oxidation sites excluding steroid dienone is 9. The summed E-state index contributed by atoms with van der Waals surface area (Å²) in [5, 5.41) is 27.6. The SMILES string of the molecule is CC[C@H](O)/C=C/C=C\C[C@@H](O)/C=C\C=C/C/C=C\C/C=C\CCC(=O)O. The number of rotatable bonds is 14. The lowest BCUT2D eigenvalue weighted by molar-refractivity contribution is -0.136. The Labute approximate surface area is 157 Å². The van der Waals surface area contributed by atoms with Crippen LogP contribution >= 0.6 is 0 Å². The van der Waals surface area contributed by atoms with E-state index in [-0.39, 0.29) is 6.42 Å². The number of aliphatic hydroxyl groups excluding tert-OH is 2. The van der Waals surface area contributed by atoms with Crippen molar-refractivity contribution in [1.29, 1.82) is 0 Å². The topological polar surface area (TPSA) is 77.8 Å². The molecule has 0 unspecified atom stereocenters. The fraction of sp³-hybridized carbons (Fsp3) is 0.409. The highest BCUT2D eigenvalue weighted by molar-refractivity contribution is 5.66. The number of aliphatic carboxylic acids is 1. The molecule has 0 aliphatic heterocycles. The molecule has 4 nitrogen and oxygen atoms in total. The summed E-state index contributed by atoms with van der Waals surface area (Å²) in [5.74, 6) is -0.770. The molecule has 0 rings (SSSR count). The third kappa shape index (κ3) is 18.2. The summed E-state index contributed by atoms with van der Waals surface area (Å²) in [7, 11) is 0. The van der Waals surface area contributed by atoms with Gasteiger partial charge in [-0.3, -0.25) is 4.79 Å². The molecule has 26 heavy (non-hydrogen) atoms. The monoisotopic (exact) mass is 360 g/mol. The summed E-state index contributed by atoms with van der Waals surface area (Å²) in [4.78, 5) is 10.3. The first-order chi connectivity index (χ1) is 12.6. The Morgan fingerprint density at radius 1 is 0.808 bits per heavy atom. The number of hydrogen-bond acceptors (Lipinski definition) is 3. The minimum Gasteiger partial charge on any atom is -0.481 e. The van der Waals surface area contributed by atoms with Gasteiger partial charge in [-0.05, 0) is 32.1 Å². The number of carboxylic acids is 1. The average Bonchev–Trinajstić information content (AvgIpc) is 2.61. The van der Waals surface area contributed by atoms with E-state index in [1.54, 1.807) is 18.2 Å². The molecule has 0 aromatic rings. The van der Waals surface area contributed by atoms with Gasteiger partial charge in [0.15, 0.2) is 0 Å². The Hall–Kier alpha value is -2.17. The summed E-state index contributed by atoms with van der Waals surface area (Å²) < 4.78 is 0. The second kappa shape index (κ2) is 17.6. The maximum atomic E-state index is 10.3. The molecule has 2 atom stereocenters. The molecule has 0 radical (unpaired) electrons. The number of aliphatic hydroxyl groups is 2. The van der Waals surface area contributed by atoms with Gasteiger partial charge in [-0.15, -0.1) is 0 Å². The lowest BCUT2D eigenvalue weighted by atomic mass is 10.2. The van der Waals surface area contributed by atoms with Crippen LogP contribution < -0.4 is 0 Å². The van der Waals surface area contributed by atoms with E-state index in [0.717, 1.165) is 12.8 Å². The minimum atomic E-state index is -0.770. The van der Waals surface area contributed by atoms with Crippen molar-refractivity contribution in [2.45, 2.75) is 57.7 Å². The molecular formula is C22H32O4. The molecule has 0 amide bonds. The van der Waals surface area contributed by atoms with E-state index in [1.807, 2.05) is 61.6 Å². The number of carbonyl (C=O) groups is 1. The van der Waals surface area contributed by atoms with E-state index >= 15 is 0 Å². The van der Waals surface area contributed by atoms with Crippen molar-refractivity contribution in [3.8, 4) is 0 Å². The molecule has 0 heterocycles. The van der Waals surface area contributed by atoms with Crippen LogP contribution in [0.4, 0.5) is 0 Å². The van der Waals surface area contributed by atoms with Crippen LogP contribution in [0, 0.1) is 0 Å². The van der Waals surface area contributed by atoms with Crippen molar-refractivity contribution >= 4 is 5.97 Å². The Morgan fingerprint density at radius 3 is 2.04 bits per heavy atom. The molecule has 144 valence electrons. The van der Waals surface area contributed by atoms with Crippen LogP contribution in [0.5, 0.6) is 0 Å². The summed E-state index contributed by atoms with van der Waals surface area (Å²) in [6.45, 7) is 1.92. The van der Waals surface area contributed by atoms with Crippen LogP contribution in [-0.2, 0) is 4.79 Å². The first kappa shape index (κ1) is 23.8. The fourth-order valence-electron chi connectivity index (χ4n) is 1.82. The van der Waals surface area contributed by atoms with Crippen LogP contribution in [0.3, 0.4) is 0 Å². The van der Waals surface area contributed by atoms with Crippen LogP contribution in [0.25, 0.3) is 0 Å². The molecular weight excluding hydrogens is 328 g/mol. The zero-order chi connectivity index (χ0) is 19.5. The summed E-state index contributed by atoms with van der Waals surface area (Å²) >= 11 is 0. The van der Waals surface area contributed by atoms with Crippen molar-refractivity contribution in [2.75, 3.05) is 0 Å². The van der Waals surface area contributed by atoms with Gasteiger partial charge in [-0.2, -0.15) is 0 Å². The van der Waals surface area contributed by atoms with Gasteiger partial charge in [-0.25, -0.2) is 0 Å². The summed E-state index contributed by atoms with van der Waals surface area (Å²) in [6.07, 6.45) is 25.3. The molecule has 4 heteroatoms. The zero-order valence-corrected chi connectivity index (χ0v) is 15.6. The van der Waals surface area contributed by atoms with Crippen LogP contribution in [0.1, 0.15) is 45.4 Å². The third-order valence-corrected chi connectivity index (χ3v) is 3.36. The van der Waals surface area contributed by atoms with Crippen LogP contribution in [0.2, 0.25) is 0 Å². The highest BCUT2D eigenvalue weighted by Gasteiger charge is 1.93. The zero-order valence-electron chi connectivity index (χ0n) is 15.6. The van der Waals surface area contributed by atoms with E-state index in [2.05, 4.69) is 0 Å².